The van der Waals surface area contributed by atoms with Gasteiger partial charge in [0.05, 0.1) is 5.41 Å². The Labute approximate surface area is 361 Å². The lowest BCUT2D eigenvalue weighted by atomic mass is 9.69. The van der Waals surface area contributed by atoms with Gasteiger partial charge in [-0.05, 0) is 135 Å². The van der Waals surface area contributed by atoms with Gasteiger partial charge in [-0.15, -0.1) is 0 Å². The molecule has 0 saturated carbocycles. The summed E-state index contributed by atoms with van der Waals surface area (Å²) in [6.45, 7) is 0. The smallest absolute Gasteiger partial charge is 0.0731 e. The van der Waals surface area contributed by atoms with Crippen LogP contribution in [0.4, 0.5) is 17.1 Å². The number of rotatable bonds is 5. The van der Waals surface area contributed by atoms with Gasteiger partial charge in [0.1, 0.15) is 0 Å². The van der Waals surface area contributed by atoms with E-state index in [2.05, 4.69) is 241 Å². The Kier molecular flexibility index (Phi) is 7.59. The minimum atomic E-state index is -0.444. The minimum absolute atomic E-state index is 0.444. The third-order valence-electron chi connectivity index (χ3n) is 13.6. The third-order valence-corrected chi connectivity index (χ3v) is 13.6. The van der Waals surface area contributed by atoms with Gasteiger partial charge in [-0.2, -0.15) is 0 Å². The van der Waals surface area contributed by atoms with Crippen LogP contribution >= 0.6 is 0 Å². The van der Waals surface area contributed by atoms with Gasteiger partial charge in [0, 0.05) is 17.1 Å². The van der Waals surface area contributed by atoms with E-state index in [1.54, 1.807) is 0 Å². The summed E-state index contributed by atoms with van der Waals surface area (Å²) in [7, 11) is 0. The van der Waals surface area contributed by atoms with Crippen LogP contribution in [0.3, 0.4) is 0 Å². The predicted molar refractivity (Wildman–Crippen MR) is 261 cm³/mol. The Morgan fingerprint density at radius 3 is 1.45 bits per heavy atom. The summed E-state index contributed by atoms with van der Waals surface area (Å²) in [6, 6.07) is 87.8. The molecule has 0 fully saturated rings. The molecule has 0 amide bonds. The van der Waals surface area contributed by atoms with Gasteiger partial charge in [0.25, 0.3) is 0 Å². The highest BCUT2D eigenvalue weighted by Gasteiger charge is 2.52. The van der Waals surface area contributed by atoms with Crippen molar-refractivity contribution in [3.63, 3.8) is 0 Å². The number of hydrogen-bond acceptors (Lipinski definition) is 1. The van der Waals surface area contributed by atoms with Gasteiger partial charge in [0.15, 0.2) is 0 Å². The molecule has 0 heterocycles. The maximum absolute atomic E-state index is 2.40. The summed E-state index contributed by atoms with van der Waals surface area (Å²) in [4.78, 5) is 2.38. The van der Waals surface area contributed by atoms with Crippen molar-refractivity contribution in [2.75, 3.05) is 4.90 Å². The van der Waals surface area contributed by atoms with Crippen molar-refractivity contribution < 1.29 is 0 Å². The number of nitrogens with zero attached hydrogens (tertiary/aromatic N) is 1. The van der Waals surface area contributed by atoms with E-state index in [0.717, 1.165) is 17.1 Å². The standard InChI is InChI=1S/C61H39N/c1-3-17-44-38-47(35-28-40(44)14-1)62(48-36-29-41-15-2-4-18-45(41)39-48)46-33-30-43(31-34-46)49-19-7-8-21-51(49)53-24-13-27-58-59(53)55-23-10-12-26-57(55)61(58)56-25-11-9-22-52(56)54-37-32-42-16-5-6-20-50(42)60(54)61/h1-39H. The van der Waals surface area contributed by atoms with Crippen LogP contribution in [0.2, 0.25) is 0 Å². The van der Waals surface area contributed by atoms with Crippen LogP contribution in [0.5, 0.6) is 0 Å². The Hall–Kier alpha value is -8.00. The first-order chi connectivity index (χ1) is 30.8. The number of fused-ring (bicyclic) bond motifs is 14. The molecular formula is C61H39N. The van der Waals surface area contributed by atoms with Crippen molar-refractivity contribution in [2.24, 2.45) is 0 Å². The van der Waals surface area contributed by atoms with E-state index in [0.29, 0.717) is 0 Å². The van der Waals surface area contributed by atoms with E-state index in [1.165, 1.54) is 99.1 Å². The van der Waals surface area contributed by atoms with E-state index in [1.807, 2.05) is 0 Å². The summed E-state index contributed by atoms with van der Waals surface area (Å²) >= 11 is 0. The van der Waals surface area contributed by atoms with Crippen LogP contribution in [0.1, 0.15) is 22.3 Å². The largest absolute Gasteiger partial charge is 0.310 e. The Morgan fingerprint density at radius 2 is 0.758 bits per heavy atom. The molecule has 1 atom stereocenters. The molecule has 1 spiro atoms. The first-order valence-electron chi connectivity index (χ1n) is 21.6. The molecule has 13 rings (SSSR count). The average molecular weight is 786 g/mol. The molecule has 2 aliphatic rings. The van der Waals surface area contributed by atoms with Crippen LogP contribution < -0.4 is 4.90 Å². The highest BCUT2D eigenvalue weighted by Crippen LogP contribution is 2.65. The Morgan fingerprint density at radius 1 is 0.274 bits per heavy atom. The molecule has 11 aromatic rings. The molecule has 0 bridgehead atoms. The first-order valence-corrected chi connectivity index (χ1v) is 21.6. The van der Waals surface area contributed by atoms with Crippen molar-refractivity contribution in [3.05, 3.63) is 259 Å². The average Bonchev–Trinajstić information content (AvgIpc) is 3.82. The summed E-state index contributed by atoms with van der Waals surface area (Å²) in [5.41, 5.74) is 18.5. The van der Waals surface area contributed by atoms with Crippen molar-refractivity contribution in [3.8, 4) is 44.5 Å². The second-order valence-electron chi connectivity index (χ2n) is 16.8. The normalized spacial score (nSPS) is 14.5. The van der Waals surface area contributed by atoms with Gasteiger partial charge in [-0.25, -0.2) is 0 Å². The molecule has 0 N–H and O–H groups in total. The van der Waals surface area contributed by atoms with Crippen LogP contribution in [0, 0.1) is 0 Å². The zero-order chi connectivity index (χ0) is 40.8. The van der Waals surface area contributed by atoms with Gasteiger partial charge >= 0.3 is 0 Å². The maximum atomic E-state index is 2.40. The second kappa shape index (κ2) is 13.5. The Balaban J connectivity index is 0.982. The third kappa shape index (κ3) is 4.97. The van der Waals surface area contributed by atoms with Gasteiger partial charge in [-0.3, -0.25) is 0 Å². The highest BCUT2D eigenvalue weighted by molar-refractivity contribution is 6.06. The molecule has 0 radical (unpaired) electrons. The van der Waals surface area contributed by atoms with Crippen LogP contribution in [-0.4, -0.2) is 0 Å². The minimum Gasteiger partial charge on any atom is -0.310 e. The summed E-state index contributed by atoms with van der Waals surface area (Å²) in [6.07, 6.45) is 0. The van der Waals surface area contributed by atoms with Crippen molar-refractivity contribution in [2.45, 2.75) is 5.41 Å². The van der Waals surface area contributed by atoms with E-state index < -0.39 is 5.41 Å². The molecule has 0 aromatic heterocycles. The molecule has 1 nitrogen and oxygen atoms in total. The highest BCUT2D eigenvalue weighted by atomic mass is 15.1. The number of hydrogen-bond donors (Lipinski definition) is 0. The van der Waals surface area contributed by atoms with Crippen LogP contribution in [0.25, 0.3) is 76.8 Å². The second-order valence-corrected chi connectivity index (χ2v) is 16.8. The maximum Gasteiger partial charge on any atom is 0.0731 e. The zero-order valence-corrected chi connectivity index (χ0v) is 34.0. The van der Waals surface area contributed by atoms with Gasteiger partial charge in [0.2, 0.25) is 0 Å². The van der Waals surface area contributed by atoms with Crippen molar-refractivity contribution in [1.29, 1.82) is 0 Å². The summed E-state index contributed by atoms with van der Waals surface area (Å²) in [5.74, 6) is 0. The van der Waals surface area contributed by atoms with Crippen LogP contribution in [0.15, 0.2) is 237 Å². The lowest BCUT2D eigenvalue weighted by Crippen LogP contribution is -2.26. The monoisotopic (exact) mass is 785 g/mol. The summed E-state index contributed by atoms with van der Waals surface area (Å²) < 4.78 is 0. The fourth-order valence-corrected chi connectivity index (χ4v) is 11.0. The number of anilines is 3. The van der Waals surface area contributed by atoms with E-state index >= 15 is 0 Å². The predicted octanol–water partition coefficient (Wildman–Crippen LogP) is 16.3. The molecule has 288 valence electrons. The number of benzene rings is 11. The SMILES string of the molecule is c1ccc(-c2cccc3c2-c2ccccc2C32c3ccccc3-c3ccc4ccccc4c32)c(-c2ccc(N(c3ccc4ccccc4c3)c3ccc4ccccc4c3)cc2)c1. The summed E-state index contributed by atoms with van der Waals surface area (Å²) in [5, 5.41) is 7.50. The quantitative estimate of drug-likeness (QED) is 0.168. The fraction of sp³-hybridized carbons (Fsp3) is 0.0164. The molecule has 2 aliphatic carbocycles. The van der Waals surface area contributed by atoms with E-state index in [9.17, 15) is 0 Å². The molecule has 11 aromatic carbocycles. The molecular weight excluding hydrogens is 747 g/mol. The first kappa shape index (κ1) is 34.8. The van der Waals surface area contributed by atoms with Gasteiger partial charge < -0.3 is 4.90 Å². The lowest BCUT2D eigenvalue weighted by Gasteiger charge is -2.31. The topological polar surface area (TPSA) is 3.24 Å². The molecule has 0 saturated heterocycles. The molecule has 1 heteroatoms. The van der Waals surface area contributed by atoms with Crippen LogP contribution in [-0.2, 0) is 5.41 Å². The Bertz CT molecular complexity index is 3520. The fourth-order valence-electron chi connectivity index (χ4n) is 11.0. The molecule has 1 unspecified atom stereocenters. The zero-order valence-electron chi connectivity index (χ0n) is 34.0. The molecule has 0 aliphatic heterocycles. The van der Waals surface area contributed by atoms with Crippen molar-refractivity contribution >= 4 is 49.4 Å². The lowest BCUT2D eigenvalue weighted by molar-refractivity contribution is 0.801. The van der Waals surface area contributed by atoms with E-state index in [4.69, 9.17) is 0 Å². The van der Waals surface area contributed by atoms with Gasteiger partial charge in [-0.1, -0.05) is 200 Å². The molecule has 62 heavy (non-hydrogen) atoms. The van der Waals surface area contributed by atoms with Crippen molar-refractivity contribution in [1.82, 2.24) is 0 Å². The van der Waals surface area contributed by atoms with E-state index in [-0.39, 0.29) is 0 Å².